The maximum atomic E-state index is 6.27. The van der Waals surface area contributed by atoms with Crippen LogP contribution < -0.4 is 10.4 Å². The highest BCUT2D eigenvalue weighted by Crippen LogP contribution is 2.22. The van der Waals surface area contributed by atoms with Gasteiger partial charge in [-0.15, -0.1) is 11.8 Å². The molecule has 1 aliphatic carbocycles. The normalized spacial score (nSPS) is 19.2. The second kappa shape index (κ2) is 8.53. The molecule has 0 unspecified atom stereocenters. The molecule has 0 amide bonds. The van der Waals surface area contributed by atoms with Crippen molar-refractivity contribution in [3.8, 4) is 0 Å². The van der Waals surface area contributed by atoms with E-state index in [-0.39, 0.29) is 0 Å². The molecule has 1 nitrogen and oxygen atoms in total. The summed E-state index contributed by atoms with van der Waals surface area (Å²) in [5.74, 6) is 2.27. The monoisotopic (exact) mass is 304 g/mol. The number of benzene rings is 1. The first-order valence-corrected chi connectivity index (χ1v) is 9.27. The molecule has 1 aliphatic rings. The first-order valence-electron chi connectivity index (χ1n) is 8.28. The van der Waals surface area contributed by atoms with Gasteiger partial charge in [0.05, 0.1) is 6.10 Å². The van der Waals surface area contributed by atoms with Gasteiger partial charge in [-0.05, 0) is 61.8 Å². The molecule has 1 aromatic rings. The zero-order valence-corrected chi connectivity index (χ0v) is 14.5. The molecule has 1 saturated carbocycles. The van der Waals surface area contributed by atoms with Crippen LogP contribution in [0.1, 0.15) is 59.3 Å². The summed E-state index contributed by atoms with van der Waals surface area (Å²) in [4.78, 5) is 1.40. The molecule has 2 heteroatoms. The summed E-state index contributed by atoms with van der Waals surface area (Å²) in [7, 11) is 0. The van der Waals surface area contributed by atoms with E-state index < -0.39 is 0 Å². The van der Waals surface area contributed by atoms with Crippen molar-refractivity contribution in [2.45, 2.75) is 65.4 Å². The van der Waals surface area contributed by atoms with Crippen LogP contribution in [-0.2, 0) is 4.74 Å². The molecule has 0 N–H and O–H groups in total. The fourth-order valence-corrected chi connectivity index (χ4v) is 3.77. The minimum absolute atomic E-state index is 0.426. The van der Waals surface area contributed by atoms with Crippen molar-refractivity contribution in [2.24, 2.45) is 0 Å². The Labute approximate surface area is 133 Å². The summed E-state index contributed by atoms with van der Waals surface area (Å²) in [6, 6.07) is 8.66. The molecule has 1 aromatic carbocycles. The predicted octanol–water partition coefficient (Wildman–Crippen LogP) is 4.44. The lowest BCUT2D eigenvalue weighted by Gasteiger charge is -2.23. The highest BCUT2D eigenvalue weighted by molar-refractivity contribution is 8.07. The molecule has 0 aromatic heterocycles. The van der Waals surface area contributed by atoms with Gasteiger partial charge >= 0.3 is 0 Å². The first-order chi connectivity index (χ1) is 10.2. The van der Waals surface area contributed by atoms with Crippen LogP contribution in [0.4, 0.5) is 0 Å². The molecule has 116 valence electrons. The third-order valence-electron chi connectivity index (χ3n) is 4.10. The Morgan fingerprint density at radius 3 is 2.43 bits per heavy atom. The number of hydrogen-bond acceptors (Lipinski definition) is 2. The van der Waals surface area contributed by atoms with Gasteiger partial charge in [0, 0.05) is 5.22 Å². The van der Waals surface area contributed by atoms with Gasteiger partial charge in [0.25, 0.3) is 0 Å². The van der Waals surface area contributed by atoms with Crippen molar-refractivity contribution in [1.82, 2.24) is 0 Å². The van der Waals surface area contributed by atoms with E-state index in [4.69, 9.17) is 4.74 Å². The highest BCUT2D eigenvalue weighted by Gasteiger charge is 2.14. The molecule has 0 spiro atoms. The number of thioether (sulfide) groups is 1. The number of rotatable bonds is 5. The van der Waals surface area contributed by atoms with Crippen molar-refractivity contribution in [3.63, 3.8) is 0 Å². The van der Waals surface area contributed by atoms with E-state index in [2.05, 4.69) is 45.0 Å². The molecule has 2 rings (SSSR count). The van der Waals surface area contributed by atoms with Crippen molar-refractivity contribution in [3.05, 3.63) is 34.7 Å². The van der Waals surface area contributed by atoms with Gasteiger partial charge in [0.2, 0.25) is 0 Å². The molecule has 1 fully saturated rings. The van der Waals surface area contributed by atoms with E-state index in [0.29, 0.717) is 6.10 Å². The van der Waals surface area contributed by atoms with Gasteiger partial charge in [-0.2, -0.15) is 0 Å². The second-order valence-electron chi connectivity index (χ2n) is 5.88. The predicted molar refractivity (Wildman–Crippen MR) is 94.6 cm³/mol. The van der Waals surface area contributed by atoms with E-state index in [9.17, 15) is 0 Å². The van der Waals surface area contributed by atoms with E-state index in [1.165, 1.54) is 59.6 Å². The van der Waals surface area contributed by atoms with Gasteiger partial charge < -0.3 is 4.74 Å². The highest BCUT2D eigenvalue weighted by atomic mass is 32.2. The smallest absolute Gasteiger partial charge is 0.101 e. The van der Waals surface area contributed by atoms with E-state index in [1.807, 2.05) is 11.8 Å². The molecule has 0 radical (unpaired) electrons. The van der Waals surface area contributed by atoms with Crippen molar-refractivity contribution < 1.29 is 4.74 Å². The Hall–Kier alpha value is -0.890. The summed E-state index contributed by atoms with van der Waals surface area (Å²) >= 11 is 1.95. The van der Waals surface area contributed by atoms with Gasteiger partial charge in [-0.1, -0.05) is 37.6 Å². The van der Waals surface area contributed by atoms with E-state index >= 15 is 0 Å². The van der Waals surface area contributed by atoms with Crippen LogP contribution in [0.5, 0.6) is 0 Å². The minimum atomic E-state index is 0.426. The molecule has 0 heterocycles. The first kappa shape index (κ1) is 16.5. The van der Waals surface area contributed by atoms with Gasteiger partial charge in [0.1, 0.15) is 5.76 Å². The third-order valence-corrected chi connectivity index (χ3v) is 5.37. The average molecular weight is 304 g/mol. The molecule has 0 atom stereocenters. The number of ether oxygens (including phenoxy) is 1. The number of hydrogen-bond donors (Lipinski definition) is 0. The van der Waals surface area contributed by atoms with E-state index in [1.54, 1.807) is 0 Å². The van der Waals surface area contributed by atoms with Crippen molar-refractivity contribution in [2.75, 3.05) is 5.75 Å². The Balaban J connectivity index is 2.30. The third kappa shape index (κ3) is 4.81. The van der Waals surface area contributed by atoms with Crippen molar-refractivity contribution >= 4 is 22.4 Å². The zero-order chi connectivity index (χ0) is 15.1. The van der Waals surface area contributed by atoms with Gasteiger partial charge in [-0.25, -0.2) is 0 Å². The van der Waals surface area contributed by atoms with Crippen LogP contribution in [0.2, 0.25) is 0 Å². The molecular weight excluding hydrogens is 276 g/mol. The fraction of sp³-hybridized carbons (Fsp3) is 0.579. The lowest BCUT2D eigenvalue weighted by Crippen LogP contribution is -2.29. The zero-order valence-electron chi connectivity index (χ0n) is 13.7. The van der Waals surface area contributed by atoms with Gasteiger partial charge in [-0.3, -0.25) is 0 Å². The Kier molecular flexibility index (Phi) is 6.69. The molecule has 0 saturated heterocycles. The average Bonchev–Trinajstić information content (AvgIpc) is 2.53. The maximum Gasteiger partial charge on any atom is 0.101 e. The molecule has 0 aliphatic heterocycles. The molecular formula is C19H28OS. The van der Waals surface area contributed by atoms with E-state index in [0.717, 1.165) is 5.76 Å². The molecule has 21 heavy (non-hydrogen) atoms. The standard InChI is InChI=1S/C19H28OS/c1-4-14-21-16(3)19-13-9-8-12-18(19)15(2)20-17-10-6-5-7-11-17/h8-9,12-13,17H,4-7,10-11,14H2,1-3H3. The largest absolute Gasteiger partial charge is 0.494 e. The van der Waals surface area contributed by atoms with Crippen LogP contribution in [0.15, 0.2) is 24.3 Å². The summed E-state index contributed by atoms with van der Waals surface area (Å²) in [5.41, 5.74) is 0. The summed E-state index contributed by atoms with van der Waals surface area (Å²) in [5, 5.41) is 2.61. The Morgan fingerprint density at radius 1 is 1.10 bits per heavy atom. The quantitative estimate of drug-likeness (QED) is 0.795. The molecule has 0 bridgehead atoms. The van der Waals surface area contributed by atoms with Crippen LogP contribution in [0.3, 0.4) is 0 Å². The maximum absolute atomic E-state index is 6.27. The summed E-state index contributed by atoms with van der Waals surface area (Å²) < 4.78 is 6.27. The van der Waals surface area contributed by atoms with Crippen LogP contribution in [-0.4, -0.2) is 11.9 Å². The Morgan fingerprint density at radius 2 is 1.76 bits per heavy atom. The van der Waals surface area contributed by atoms with Crippen molar-refractivity contribution in [1.29, 1.82) is 0 Å². The second-order valence-corrected chi connectivity index (χ2v) is 7.19. The van der Waals surface area contributed by atoms with Crippen LogP contribution in [0.25, 0.3) is 10.7 Å². The minimum Gasteiger partial charge on any atom is -0.494 e. The Bertz CT molecular complexity index is 555. The topological polar surface area (TPSA) is 9.23 Å². The lowest BCUT2D eigenvalue weighted by molar-refractivity contribution is 0.121. The van der Waals surface area contributed by atoms with Gasteiger partial charge in [0.15, 0.2) is 0 Å². The van der Waals surface area contributed by atoms with Crippen LogP contribution >= 0.6 is 11.8 Å². The fourth-order valence-electron chi connectivity index (χ4n) is 2.93. The SMILES string of the molecule is CCCSC(C)=c1ccccc1=C(C)OC1CCCCC1. The summed E-state index contributed by atoms with van der Waals surface area (Å²) in [6.07, 6.45) is 8.07. The lowest BCUT2D eigenvalue weighted by atomic mass is 9.98. The summed E-state index contributed by atoms with van der Waals surface area (Å²) in [6.45, 7) is 6.59. The van der Waals surface area contributed by atoms with Crippen LogP contribution in [0, 0.1) is 0 Å².